The van der Waals surface area contributed by atoms with Crippen LogP contribution in [0.15, 0.2) is 29.5 Å². The van der Waals surface area contributed by atoms with E-state index >= 15 is 0 Å². The van der Waals surface area contributed by atoms with E-state index in [1.807, 2.05) is 6.07 Å². The summed E-state index contributed by atoms with van der Waals surface area (Å²) in [6.07, 6.45) is 3.51. The molecule has 0 spiro atoms. The molecule has 1 saturated carbocycles. The molecule has 0 atom stereocenters. The van der Waals surface area contributed by atoms with Crippen LogP contribution in [0.4, 0.5) is 0 Å². The summed E-state index contributed by atoms with van der Waals surface area (Å²) in [6, 6.07) is 5.54. The number of hydrazone groups is 1. The van der Waals surface area contributed by atoms with Gasteiger partial charge in [-0.15, -0.1) is 0 Å². The van der Waals surface area contributed by atoms with Gasteiger partial charge in [0.1, 0.15) is 0 Å². The lowest BCUT2D eigenvalue weighted by atomic mass is 10.3. The Bertz CT molecular complexity index is 480. The summed E-state index contributed by atoms with van der Waals surface area (Å²) >= 11 is 0. The van der Waals surface area contributed by atoms with E-state index in [4.69, 9.17) is 0 Å². The van der Waals surface area contributed by atoms with Crippen molar-refractivity contribution >= 4 is 17.5 Å². The molecular weight excluding hydrogens is 232 g/mol. The third kappa shape index (κ3) is 3.38. The fourth-order valence-electron chi connectivity index (χ4n) is 1.30. The van der Waals surface area contributed by atoms with Crippen LogP contribution in [0.25, 0.3) is 0 Å². The highest BCUT2D eigenvalue weighted by atomic mass is 16.2. The van der Waals surface area contributed by atoms with Crippen molar-refractivity contribution in [3.63, 3.8) is 0 Å². The van der Waals surface area contributed by atoms with Crippen LogP contribution in [0.1, 0.15) is 25.5 Å². The van der Waals surface area contributed by atoms with E-state index in [-0.39, 0.29) is 6.04 Å². The van der Waals surface area contributed by atoms with Crippen LogP contribution < -0.4 is 10.7 Å². The van der Waals surface area contributed by atoms with Gasteiger partial charge in [0.2, 0.25) is 0 Å². The molecule has 0 unspecified atom stereocenters. The van der Waals surface area contributed by atoms with Crippen LogP contribution in [0, 0.1) is 0 Å². The highest BCUT2D eigenvalue weighted by Gasteiger charge is 2.26. The first-order chi connectivity index (χ1) is 8.66. The quantitative estimate of drug-likeness (QED) is 0.454. The first-order valence-corrected chi connectivity index (χ1v) is 5.73. The van der Waals surface area contributed by atoms with E-state index in [0.717, 1.165) is 12.8 Å². The number of pyridine rings is 1. The van der Waals surface area contributed by atoms with Gasteiger partial charge >= 0.3 is 11.8 Å². The molecule has 0 aromatic carbocycles. The largest absolute Gasteiger partial charge is 0.345 e. The number of nitrogens with zero attached hydrogens (tertiary/aromatic N) is 2. The molecule has 2 rings (SSSR count). The van der Waals surface area contributed by atoms with E-state index < -0.39 is 11.8 Å². The van der Waals surface area contributed by atoms with E-state index in [2.05, 4.69) is 20.8 Å². The average Bonchev–Trinajstić information content (AvgIpc) is 3.20. The van der Waals surface area contributed by atoms with Crippen molar-refractivity contribution in [3.8, 4) is 0 Å². The Morgan fingerprint density at radius 3 is 2.72 bits per heavy atom. The second-order valence-corrected chi connectivity index (χ2v) is 4.10. The molecule has 1 fully saturated rings. The SMILES string of the molecule is C/C(=N/NC(=O)C(=O)NC1CC1)c1ccccn1. The summed E-state index contributed by atoms with van der Waals surface area (Å²) in [6.45, 7) is 1.71. The first-order valence-electron chi connectivity index (χ1n) is 5.73. The Morgan fingerprint density at radius 2 is 2.11 bits per heavy atom. The summed E-state index contributed by atoms with van der Waals surface area (Å²) in [5.41, 5.74) is 3.41. The first kappa shape index (κ1) is 12.2. The maximum absolute atomic E-state index is 11.4. The number of amides is 2. The van der Waals surface area contributed by atoms with Gasteiger partial charge in [0.05, 0.1) is 11.4 Å². The summed E-state index contributed by atoms with van der Waals surface area (Å²) in [7, 11) is 0. The third-order valence-corrected chi connectivity index (χ3v) is 2.48. The van der Waals surface area contributed by atoms with Gasteiger partial charge < -0.3 is 5.32 Å². The van der Waals surface area contributed by atoms with Crippen molar-refractivity contribution in [2.75, 3.05) is 0 Å². The Labute approximate surface area is 104 Å². The van der Waals surface area contributed by atoms with Crippen molar-refractivity contribution in [2.45, 2.75) is 25.8 Å². The number of carbonyl (C=O) groups is 2. The molecule has 1 aliphatic carbocycles. The molecule has 1 heterocycles. The Morgan fingerprint density at radius 1 is 1.33 bits per heavy atom. The van der Waals surface area contributed by atoms with Gasteiger partial charge in [0, 0.05) is 12.2 Å². The van der Waals surface area contributed by atoms with E-state index in [9.17, 15) is 9.59 Å². The maximum Gasteiger partial charge on any atom is 0.329 e. The highest BCUT2D eigenvalue weighted by molar-refractivity contribution is 6.35. The summed E-state index contributed by atoms with van der Waals surface area (Å²) in [5, 5.41) is 6.42. The zero-order valence-corrected chi connectivity index (χ0v) is 10.0. The molecule has 1 aromatic heterocycles. The van der Waals surface area contributed by atoms with Crippen LogP contribution in [-0.4, -0.2) is 28.6 Å². The molecule has 0 radical (unpaired) electrons. The average molecular weight is 246 g/mol. The van der Waals surface area contributed by atoms with Gasteiger partial charge in [-0.2, -0.15) is 5.10 Å². The van der Waals surface area contributed by atoms with Gasteiger partial charge in [-0.05, 0) is 31.9 Å². The van der Waals surface area contributed by atoms with E-state index in [1.54, 1.807) is 25.3 Å². The number of carbonyl (C=O) groups excluding carboxylic acids is 2. The van der Waals surface area contributed by atoms with Crippen molar-refractivity contribution in [3.05, 3.63) is 30.1 Å². The lowest BCUT2D eigenvalue weighted by Gasteiger charge is -2.02. The van der Waals surface area contributed by atoms with Crippen LogP contribution >= 0.6 is 0 Å². The molecule has 94 valence electrons. The molecule has 1 aliphatic rings. The Hall–Kier alpha value is -2.24. The second kappa shape index (κ2) is 5.39. The van der Waals surface area contributed by atoms with Crippen LogP contribution in [-0.2, 0) is 9.59 Å². The number of aromatic nitrogens is 1. The third-order valence-electron chi connectivity index (χ3n) is 2.48. The number of hydrogen-bond donors (Lipinski definition) is 2. The topological polar surface area (TPSA) is 83.5 Å². The van der Waals surface area contributed by atoms with E-state index in [0.29, 0.717) is 11.4 Å². The molecule has 0 bridgehead atoms. The van der Waals surface area contributed by atoms with E-state index in [1.165, 1.54) is 0 Å². The summed E-state index contributed by atoms with van der Waals surface area (Å²) < 4.78 is 0. The molecule has 6 nitrogen and oxygen atoms in total. The summed E-state index contributed by atoms with van der Waals surface area (Å²) in [4.78, 5) is 26.8. The Kier molecular flexibility index (Phi) is 3.66. The zero-order valence-electron chi connectivity index (χ0n) is 10.0. The van der Waals surface area contributed by atoms with Gasteiger partial charge in [-0.25, -0.2) is 5.43 Å². The highest BCUT2D eigenvalue weighted by Crippen LogP contribution is 2.18. The molecule has 2 N–H and O–H groups in total. The van der Waals surface area contributed by atoms with Crippen LogP contribution in [0.2, 0.25) is 0 Å². The van der Waals surface area contributed by atoms with Gasteiger partial charge in [-0.1, -0.05) is 6.07 Å². The predicted molar refractivity (Wildman–Crippen MR) is 65.8 cm³/mol. The lowest BCUT2D eigenvalue weighted by Crippen LogP contribution is -2.39. The summed E-state index contributed by atoms with van der Waals surface area (Å²) in [5.74, 6) is -1.40. The molecule has 1 aromatic rings. The Balaban J connectivity index is 1.89. The van der Waals surface area contributed by atoms with Crippen molar-refractivity contribution in [1.82, 2.24) is 15.7 Å². The van der Waals surface area contributed by atoms with Crippen molar-refractivity contribution in [2.24, 2.45) is 5.10 Å². The van der Waals surface area contributed by atoms with Crippen molar-refractivity contribution in [1.29, 1.82) is 0 Å². The minimum Gasteiger partial charge on any atom is -0.345 e. The zero-order chi connectivity index (χ0) is 13.0. The lowest BCUT2D eigenvalue weighted by molar-refractivity contribution is -0.139. The van der Waals surface area contributed by atoms with Crippen LogP contribution in [0.3, 0.4) is 0 Å². The standard InChI is InChI=1S/C12H14N4O2/c1-8(10-4-2-3-7-13-10)15-16-12(18)11(17)14-9-5-6-9/h2-4,7,9H,5-6H2,1H3,(H,14,17)(H,16,18)/b15-8-. The predicted octanol–water partition coefficient (Wildman–Crippen LogP) is 0.200. The minimum absolute atomic E-state index is 0.157. The molecule has 2 amide bonds. The second-order valence-electron chi connectivity index (χ2n) is 4.10. The van der Waals surface area contributed by atoms with Gasteiger partial charge in [0.25, 0.3) is 0 Å². The molecule has 18 heavy (non-hydrogen) atoms. The number of hydrogen-bond acceptors (Lipinski definition) is 4. The molecular formula is C12H14N4O2. The fourth-order valence-corrected chi connectivity index (χ4v) is 1.30. The number of rotatable bonds is 3. The fraction of sp³-hybridized carbons (Fsp3) is 0.333. The van der Waals surface area contributed by atoms with Crippen LogP contribution in [0.5, 0.6) is 0 Å². The smallest absolute Gasteiger partial charge is 0.329 e. The monoisotopic (exact) mass is 246 g/mol. The minimum atomic E-state index is -0.753. The molecule has 0 aliphatic heterocycles. The molecule has 6 heteroatoms. The van der Waals surface area contributed by atoms with Gasteiger partial charge in [-0.3, -0.25) is 14.6 Å². The maximum atomic E-state index is 11.4. The van der Waals surface area contributed by atoms with Gasteiger partial charge in [0.15, 0.2) is 0 Å². The normalized spacial score (nSPS) is 15.1. The van der Waals surface area contributed by atoms with Crippen molar-refractivity contribution < 1.29 is 9.59 Å². The number of nitrogens with one attached hydrogen (secondary N) is 2. The molecule has 0 saturated heterocycles.